The molecule has 0 saturated carbocycles. The van der Waals surface area contributed by atoms with Crippen LogP contribution in [0, 0.1) is 6.92 Å². The molecule has 5 aromatic rings. The second-order valence-electron chi connectivity index (χ2n) is 10.1. The maximum absolute atomic E-state index is 13.2. The molecule has 0 aliphatic carbocycles. The van der Waals surface area contributed by atoms with Crippen molar-refractivity contribution in [2.24, 2.45) is 4.99 Å². The van der Waals surface area contributed by atoms with Crippen molar-refractivity contribution >= 4 is 23.2 Å². The molecule has 9 heteroatoms. The third-order valence-electron chi connectivity index (χ3n) is 7.61. The number of para-hydroxylation sites is 3. The molecule has 0 spiro atoms. The largest absolute Gasteiger partial charge is 0.493 e. The summed E-state index contributed by atoms with van der Waals surface area (Å²) in [6, 6.07) is 33.1. The van der Waals surface area contributed by atoms with Crippen molar-refractivity contribution in [1.82, 2.24) is 9.78 Å². The van der Waals surface area contributed by atoms with Crippen molar-refractivity contribution in [1.29, 1.82) is 0 Å². The lowest BCUT2D eigenvalue weighted by Crippen LogP contribution is -2.42. The lowest BCUT2D eigenvalue weighted by atomic mass is 9.95. The highest BCUT2D eigenvalue weighted by Gasteiger charge is 2.44. The minimum atomic E-state index is -2.96. The van der Waals surface area contributed by atoms with Crippen LogP contribution in [-0.2, 0) is 6.54 Å². The number of ether oxygens (including phenoxy) is 2. The number of anilines is 2. The molecule has 42 heavy (non-hydrogen) atoms. The molecule has 4 aromatic carbocycles. The van der Waals surface area contributed by atoms with Crippen LogP contribution < -0.4 is 19.3 Å². The molecule has 0 amide bonds. The third-order valence-corrected chi connectivity index (χ3v) is 7.61. The summed E-state index contributed by atoms with van der Waals surface area (Å²) in [4.78, 5) is 9.70. The smallest absolute Gasteiger partial charge is 0.387 e. The van der Waals surface area contributed by atoms with Gasteiger partial charge in [0, 0.05) is 5.56 Å². The Balaban J connectivity index is 1.46. The van der Waals surface area contributed by atoms with Crippen molar-refractivity contribution in [2.75, 3.05) is 16.9 Å². The zero-order valence-electron chi connectivity index (χ0n) is 23.0. The van der Waals surface area contributed by atoms with E-state index in [4.69, 9.17) is 19.6 Å². The van der Waals surface area contributed by atoms with Crippen molar-refractivity contribution in [3.05, 3.63) is 126 Å². The normalized spacial score (nSPS) is 15.3. The van der Waals surface area contributed by atoms with Gasteiger partial charge in [-0.25, -0.2) is 4.68 Å². The Labute approximate surface area is 241 Å². The van der Waals surface area contributed by atoms with Crippen LogP contribution in [0.25, 0.3) is 5.69 Å². The molecule has 0 saturated heterocycles. The van der Waals surface area contributed by atoms with Gasteiger partial charge in [0.25, 0.3) is 0 Å². The molecule has 0 radical (unpaired) electrons. The Morgan fingerprint density at radius 1 is 0.833 bits per heavy atom. The van der Waals surface area contributed by atoms with Gasteiger partial charge in [0.1, 0.15) is 0 Å². The average Bonchev–Trinajstić information content (AvgIpc) is 3.51. The maximum Gasteiger partial charge on any atom is 0.387 e. The second-order valence-corrected chi connectivity index (χ2v) is 10.1. The summed E-state index contributed by atoms with van der Waals surface area (Å²) in [6.07, 6.45) is 0. The molecule has 2 aliphatic rings. The van der Waals surface area contributed by atoms with Gasteiger partial charge in [-0.1, -0.05) is 66.7 Å². The molecule has 3 heterocycles. The first-order chi connectivity index (χ1) is 20.5. The van der Waals surface area contributed by atoms with E-state index in [0.29, 0.717) is 12.4 Å². The number of alkyl halides is 2. The zero-order valence-corrected chi connectivity index (χ0v) is 23.0. The van der Waals surface area contributed by atoms with Crippen molar-refractivity contribution in [3.8, 4) is 17.2 Å². The average molecular weight is 564 g/mol. The molecular weight excluding hydrogens is 536 g/mol. The van der Waals surface area contributed by atoms with Gasteiger partial charge < -0.3 is 14.4 Å². The molecule has 0 N–H and O–H groups in total. The molecule has 7 rings (SSSR count). The van der Waals surface area contributed by atoms with Crippen LogP contribution in [0.1, 0.15) is 28.4 Å². The number of guanidine groups is 1. The van der Waals surface area contributed by atoms with Gasteiger partial charge in [-0.3, -0.25) is 4.90 Å². The molecule has 2 aliphatic heterocycles. The number of rotatable bonds is 7. The maximum atomic E-state index is 13.2. The van der Waals surface area contributed by atoms with E-state index in [2.05, 4.69) is 34.1 Å². The fourth-order valence-corrected chi connectivity index (χ4v) is 5.82. The number of fused-ring (bicyclic) bond motifs is 4. The van der Waals surface area contributed by atoms with Gasteiger partial charge in [0.2, 0.25) is 5.96 Å². The second kappa shape index (κ2) is 10.3. The fraction of sp³-hybridized carbons (Fsp3) is 0.152. The van der Waals surface area contributed by atoms with Crippen LogP contribution in [0.3, 0.4) is 0 Å². The summed E-state index contributed by atoms with van der Waals surface area (Å²) >= 11 is 0. The summed E-state index contributed by atoms with van der Waals surface area (Å²) in [5.41, 5.74) is 6.60. The van der Waals surface area contributed by atoms with Crippen LogP contribution in [0.2, 0.25) is 0 Å². The zero-order chi connectivity index (χ0) is 28.8. The van der Waals surface area contributed by atoms with E-state index in [1.54, 1.807) is 12.1 Å². The Kier molecular flexibility index (Phi) is 6.34. The van der Waals surface area contributed by atoms with E-state index in [1.165, 1.54) is 13.2 Å². The van der Waals surface area contributed by atoms with E-state index in [0.717, 1.165) is 45.4 Å². The summed E-state index contributed by atoms with van der Waals surface area (Å²) in [7, 11) is 1.45. The molecule has 1 atom stereocenters. The monoisotopic (exact) mass is 563 g/mol. The summed E-state index contributed by atoms with van der Waals surface area (Å²) < 4.78 is 38.4. The van der Waals surface area contributed by atoms with Gasteiger partial charge in [-0.15, -0.1) is 0 Å². The molecule has 0 fully saturated rings. The summed E-state index contributed by atoms with van der Waals surface area (Å²) in [5, 5.41) is 4.94. The Morgan fingerprint density at radius 2 is 1.52 bits per heavy atom. The van der Waals surface area contributed by atoms with Crippen LogP contribution >= 0.6 is 0 Å². The van der Waals surface area contributed by atoms with E-state index >= 15 is 0 Å². The minimum Gasteiger partial charge on any atom is -0.493 e. The molecule has 7 nitrogen and oxygen atoms in total. The number of halogens is 2. The SMILES string of the molecule is COc1cc([C@H]2c3c(C)nn(-c4ccccc4)c3N=C3N(Cc4ccccc4)c4ccccc4N32)ccc1OC(F)F. The molecule has 0 unspecified atom stereocenters. The first kappa shape index (κ1) is 25.8. The van der Waals surface area contributed by atoms with Crippen LogP contribution in [0.4, 0.5) is 26.0 Å². The van der Waals surface area contributed by atoms with Gasteiger partial charge in [0.05, 0.1) is 42.5 Å². The highest BCUT2D eigenvalue weighted by Crippen LogP contribution is 2.51. The van der Waals surface area contributed by atoms with Crippen LogP contribution in [-0.4, -0.2) is 29.5 Å². The Morgan fingerprint density at radius 3 is 2.24 bits per heavy atom. The predicted octanol–water partition coefficient (Wildman–Crippen LogP) is 7.41. The third kappa shape index (κ3) is 4.25. The van der Waals surface area contributed by atoms with Crippen molar-refractivity contribution < 1.29 is 18.3 Å². The molecule has 0 bridgehead atoms. The topological polar surface area (TPSA) is 55.1 Å². The van der Waals surface area contributed by atoms with E-state index < -0.39 is 6.61 Å². The fourth-order valence-electron chi connectivity index (χ4n) is 5.82. The highest BCUT2D eigenvalue weighted by atomic mass is 19.3. The van der Waals surface area contributed by atoms with E-state index in [9.17, 15) is 8.78 Å². The van der Waals surface area contributed by atoms with Crippen molar-refractivity contribution in [2.45, 2.75) is 26.1 Å². The molecule has 1 aromatic heterocycles. The number of aryl methyl sites for hydroxylation is 1. The van der Waals surface area contributed by atoms with Gasteiger partial charge in [-0.05, 0) is 54.4 Å². The highest BCUT2D eigenvalue weighted by molar-refractivity contribution is 6.18. The van der Waals surface area contributed by atoms with Crippen LogP contribution in [0.5, 0.6) is 11.5 Å². The summed E-state index contributed by atoms with van der Waals surface area (Å²) in [6.45, 7) is -0.382. The van der Waals surface area contributed by atoms with Crippen molar-refractivity contribution in [3.63, 3.8) is 0 Å². The van der Waals surface area contributed by atoms with E-state index in [1.807, 2.05) is 72.3 Å². The lowest BCUT2D eigenvalue weighted by molar-refractivity contribution is -0.0512. The van der Waals surface area contributed by atoms with E-state index in [-0.39, 0.29) is 17.5 Å². The predicted molar refractivity (Wildman–Crippen MR) is 158 cm³/mol. The molecular formula is C33H27F2N5O2. The quantitative estimate of drug-likeness (QED) is 0.206. The Bertz CT molecular complexity index is 1790. The summed E-state index contributed by atoms with van der Waals surface area (Å²) in [5.74, 6) is 1.67. The lowest BCUT2D eigenvalue weighted by Gasteiger charge is -2.35. The number of benzene rings is 4. The first-order valence-electron chi connectivity index (χ1n) is 13.6. The molecule has 210 valence electrons. The van der Waals surface area contributed by atoms with Gasteiger partial charge in [-0.2, -0.15) is 18.9 Å². The van der Waals surface area contributed by atoms with Crippen LogP contribution in [0.15, 0.2) is 108 Å². The Hall–Kier alpha value is -5.18. The number of methoxy groups -OCH3 is 1. The standard InChI is InChI=1S/C33H27F2N5O2/c1-21-29-30(23-17-18-27(42-32(34)35)28(19-23)41-2)39-26-16-10-9-15-25(26)38(20-22-11-5-3-6-12-22)33(39)36-31(29)40(37-21)24-13-7-4-8-14-24/h3-19,30,32H,20H2,1-2H3/t30-/m0/s1. The number of hydrogen-bond acceptors (Lipinski definition) is 6. The van der Waals surface area contributed by atoms with Gasteiger partial charge in [0.15, 0.2) is 17.3 Å². The number of aliphatic imine (C=N–C) groups is 1. The first-order valence-corrected chi connectivity index (χ1v) is 13.6. The minimum absolute atomic E-state index is 0.0228. The number of hydrogen-bond donors (Lipinski definition) is 0. The number of aromatic nitrogens is 2. The van der Waals surface area contributed by atoms with Gasteiger partial charge >= 0.3 is 6.61 Å². The number of nitrogens with zero attached hydrogens (tertiary/aromatic N) is 5.